The second-order valence-electron chi connectivity index (χ2n) is 3.10. The molecule has 0 amide bonds. The number of alkyl halides is 3. The zero-order valence-corrected chi connectivity index (χ0v) is 8.07. The van der Waals surface area contributed by atoms with Crippen LogP contribution in [0, 0.1) is 12.7 Å². The van der Waals surface area contributed by atoms with E-state index in [4.69, 9.17) is 4.74 Å². The zero-order valence-electron chi connectivity index (χ0n) is 8.07. The van der Waals surface area contributed by atoms with Crippen LogP contribution in [-0.4, -0.2) is 12.8 Å². The van der Waals surface area contributed by atoms with Crippen LogP contribution in [-0.2, 0) is 0 Å². The van der Waals surface area contributed by atoms with Gasteiger partial charge in [-0.15, -0.1) is 0 Å². The van der Waals surface area contributed by atoms with Crippen molar-refractivity contribution in [3.05, 3.63) is 29.6 Å². The molecule has 0 radical (unpaired) electrons. The molecule has 1 nitrogen and oxygen atoms in total. The highest BCUT2D eigenvalue weighted by molar-refractivity contribution is 5.29. The van der Waals surface area contributed by atoms with Crippen LogP contribution in [0.2, 0.25) is 0 Å². The summed E-state index contributed by atoms with van der Waals surface area (Å²) in [6.07, 6.45) is -5.36. The molecule has 0 aliphatic rings. The largest absolute Gasteiger partial charge is 0.490 e. The Labute approximate surface area is 84.7 Å². The first-order valence-electron chi connectivity index (χ1n) is 4.35. The molecule has 1 aromatic carbocycles. The predicted octanol–water partition coefficient (Wildman–Crippen LogP) is 3.47. The monoisotopic (exact) mass is 222 g/mol. The molecule has 0 saturated heterocycles. The van der Waals surface area contributed by atoms with Gasteiger partial charge in [0.15, 0.2) is 11.6 Å². The summed E-state index contributed by atoms with van der Waals surface area (Å²) in [6.45, 7) is 0.954. The van der Waals surface area contributed by atoms with Gasteiger partial charge in [-0.05, 0) is 18.6 Å². The minimum atomic E-state index is -4.28. The van der Waals surface area contributed by atoms with Crippen molar-refractivity contribution in [1.82, 2.24) is 0 Å². The van der Waals surface area contributed by atoms with E-state index in [0.717, 1.165) is 0 Å². The van der Waals surface area contributed by atoms with Gasteiger partial charge in [0.2, 0.25) is 0 Å². The minimum Gasteiger partial charge on any atom is -0.490 e. The summed E-state index contributed by atoms with van der Waals surface area (Å²) in [5.41, 5.74) is 0.347. The van der Waals surface area contributed by atoms with Gasteiger partial charge in [-0.2, -0.15) is 13.2 Å². The van der Waals surface area contributed by atoms with Crippen LogP contribution in [0.1, 0.15) is 12.0 Å². The summed E-state index contributed by atoms with van der Waals surface area (Å²) < 4.78 is 53.2. The predicted molar refractivity (Wildman–Crippen MR) is 47.3 cm³/mol. The van der Waals surface area contributed by atoms with E-state index >= 15 is 0 Å². The number of hydrogen-bond donors (Lipinski definition) is 0. The van der Waals surface area contributed by atoms with Crippen molar-refractivity contribution in [2.45, 2.75) is 19.5 Å². The molecule has 15 heavy (non-hydrogen) atoms. The van der Waals surface area contributed by atoms with E-state index in [1.165, 1.54) is 25.1 Å². The summed E-state index contributed by atoms with van der Waals surface area (Å²) in [5.74, 6) is -0.751. The highest BCUT2D eigenvalue weighted by atomic mass is 19.4. The summed E-state index contributed by atoms with van der Waals surface area (Å²) in [4.78, 5) is 0. The molecule has 0 spiro atoms. The SMILES string of the molecule is Cc1cccc(OCCC(F)(F)F)c1F. The van der Waals surface area contributed by atoms with Gasteiger partial charge in [-0.25, -0.2) is 4.39 Å². The van der Waals surface area contributed by atoms with Crippen LogP contribution in [0.3, 0.4) is 0 Å². The quantitative estimate of drug-likeness (QED) is 0.711. The average molecular weight is 222 g/mol. The standard InChI is InChI=1S/C10H10F4O/c1-7-3-2-4-8(9(7)11)15-6-5-10(12,13)14/h2-4H,5-6H2,1H3. The Hall–Kier alpha value is -1.26. The second kappa shape index (κ2) is 4.51. The van der Waals surface area contributed by atoms with Crippen molar-refractivity contribution in [2.24, 2.45) is 0 Å². The third-order valence-corrected chi connectivity index (χ3v) is 1.80. The average Bonchev–Trinajstić information content (AvgIpc) is 2.10. The molecule has 0 aromatic heterocycles. The Balaban J connectivity index is 2.55. The molecule has 0 aliphatic heterocycles. The van der Waals surface area contributed by atoms with Crippen molar-refractivity contribution >= 4 is 0 Å². The minimum absolute atomic E-state index is 0.140. The maximum atomic E-state index is 13.2. The van der Waals surface area contributed by atoms with Crippen LogP contribution in [0.5, 0.6) is 5.75 Å². The van der Waals surface area contributed by atoms with E-state index in [0.29, 0.717) is 5.56 Å². The Morgan fingerprint density at radius 2 is 1.93 bits per heavy atom. The maximum absolute atomic E-state index is 13.2. The molecule has 0 aliphatic carbocycles. The molecular weight excluding hydrogens is 212 g/mol. The van der Waals surface area contributed by atoms with Crippen molar-refractivity contribution < 1.29 is 22.3 Å². The second-order valence-corrected chi connectivity index (χ2v) is 3.10. The first-order chi connectivity index (χ1) is 6.90. The van der Waals surface area contributed by atoms with Gasteiger partial charge in [0.05, 0.1) is 13.0 Å². The van der Waals surface area contributed by atoms with Gasteiger partial charge in [0, 0.05) is 0 Å². The van der Waals surface area contributed by atoms with Gasteiger partial charge in [0.1, 0.15) is 0 Å². The van der Waals surface area contributed by atoms with Crippen LogP contribution in [0.4, 0.5) is 17.6 Å². The smallest absolute Gasteiger partial charge is 0.392 e. The van der Waals surface area contributed by atoms with E-state index in [9.17, 15) is 17.6 Å². The lowest BCUT2D eigenvalue weighted by Crippen LogP contribution is -2.13. The van der Waals surface area contributed by atoms with Gasteiger partial charge in [-0.1, -0.05) is 12.1 Å². The molecule has 0 bridgehead atoms. The molecule has 1 aromatic rings. The molecule has 0 unspecified atom stereocenters. The van der Waals surface area contributed by atoms with Crippen LogP contribution in [0.25, 0.3) is 0 Å². The summed E-state index contributed by atoms with van der Waals surface area (Å²) in [6, 6.07) is 4.35. The fourth-order valence-electron chi connectivity index (χ4n) is 1.01. The van der Waals surface area contributed by atoms with Crippen LogP contribution < -0.4 is 4.74 Å². The maximum Gasteiger partial charge on any atom is 0.392 e. The van der Waals surface area contributed by atoms with Gasteiger partial charge < -0.3 is 4.74 Å². The number of halogens is 4. The Bertz CT molecular complexity index is 333. The van der Waals surface area contributed by atoms with Crippen molar-refractivity contribution in [3.8, 4) is 5.75 Å². The van der Waals surface area contributed by atoms with E-state index in [2.05, 4.69) is 0 Å². The lowest BCUT2D eigenvalue weighted by atomic mass is 10.2. The van der Waals surface area contributed by atoms with Crippen molar-refractivity contribution in [3.63, 3.8) is 0 Å². The number of benzene rings is 1. The Morgan fingerprint density at radius 1 is 1.27 bits per heavy atom. The van der Waals surface area contributed by atoms with E-state index in [1.54, 1.807) is 0 Å². The van der Waals surface area contributed by atoms with Crippen molar-refractivity contribution in [1.29, 1.82) is 0 Å². The Kier molecular flexibility index (Phi) is 3.55. The van der Waals surface area contributed by atoms with Crippen LogP contribution in [0.15, 0.2) is 18.2 Å². The molecule has 0 fully saturated rings. The molecule has 5 heteroatoms. The molecule has 0 N–H and O–H groups in total. The van der Waals surface area contributed by atoms with Gasteiger partial charge >= 0.3 is 6.18 Å². The first-order valence-corrected chi connectivity index (χ1v) is 4.35. The lowest BCUT2D eigenvalue weighted by molar-refractivity contribution is -0.139. The Morgan fingerprint density at radius 3 is 2.53 bits per heavy atom. The molecule has 1 rings (SSSR count). The highest BCUT2D eigenvalue weighted by Gasteiger charge is 2.27. The molecule has 84 valence electrons. The van der Waals surface area contributed by atoms with Gasteiger partial charge in [-0.3, -0.25) is 0 Å². The number of aryl methyl sites for hydroxylation is 1. The number of hydrogen-bond acceptors (Lipinski definition) is 1. The number of rotatable bonds is 3. The van der Waals surface area contributed by atoms with Crippen molar-refractivity contribution in [2.75, 3.05) is 6.61 Å². The van der Waals surface area contributed by atoms with Crippen LogP contribution >= 0.6 is 0 Å². The normalized spacial score (nSPS) is 11.5. The highest BCUT2D eigenvalue weighted by Crippen LogP contribution is 2.23. The summed E-state index contributed by atoms with van der Waals surface area (Å²) in [7, 11) is 0. The van der Waals surface area contributed by atoms with E-state index in [1.807, 2.05) is 0 Å². The number of ether oxygens (including phenoxy) is 1. The molecule has 0 saturated carbocycles. The topological polar surface area (TPSA) is 9.23 Å². The molecule has 0 heterocycles. The fourth-order valence-corrected chi connectivity index (χ4v) is 1.01. The molecule has 0 atom stereocenters. The van der Waals surface area contributed by atoms with Gasteiger partial charge in [0.25, 0.3) is 0 Å². The lowest BCUT2D eigenvalue weighted by Gasteiger charge is -2.09. The third kappa shape index (κ3) is 3.77. The third-order valence-electron chi connectivity index (χ3n) is 1.80. The summed E-state index contributed by atoms with van der Waals surface area (Å²) in [5, 5.41) is 0. The summed E-state index contributed by atoms with van der Waals surface area (Å²) >= 11 is 0. The first kappa shape index (κ1) is 11.8. The van der Waals surface area contributed by atoms with E-state index in [-0.39, 0.29) is 5.75 Å². The molecular formula is C10H10F4O. The van der Waals surface area contributed by atoms with E-state index < -0.39 is 25.0 Å². The zero-order chi connectivity index (χ0) is 11.5. The fraction of sp³-hybridized carbons (Fsp3) is 0.400.